The van der Waals surface area contributed by atoms with E-state index in [1.807, 2.05) is 13.0 Å². The summed E-state index contributed by atoms with van der Waals surface area (Å²) in [5, 5.41) is 0. The molecule has 0 rings (SSSR count). The van der Waals surface area contributed by atoms with Crippen molar-refractivity contribution in [3.05, 3.63) is 37.0 Å². The molecule has 1 unspecified atom stereocenters. The highest BCUT2D eigenvalue weighted by Crippen LogP contribution is 1.82. The molecule has 4 N–H and O–H groups in total. The van der Waals surface area contributed by atoms with Crippen LogP contribution in [-0.4, -0.2) is 12.6 Å². The Morgan fingerprint density at radius 1 is 0.889 bits per heavy atom. The van der Waals surface area contributed by atoms with Crippen LogP contribution in [0.1, 0.15) is 53.4 Å². The van der Waals surface area contributed by atoms with Crippen LogP contribution in [0.3, 0.4) is 0 Å². The minimum Gasteiger partial charge on any atom is -0.327 e. The topological polar surface area (TPSA) is 52.0 Å². The summed E-state index contributed by atoms with van der Waals surface area (Å²) in [7, 11) is 0. The van der Waals surface area contributed by atoms with Gasteiger partial charge in [0.15, 0.2) is 0 Å². The quantitative estimate of drug-likeness (QED) is 0.698. The van der Waals surface area contributed by atoms with Crippen molar-refractivity contribution in [3.8, 4) is 0 Å². The molecule has 18 heavy (non-hydrogen) atoms. The number of rotatable bonds is 6. The van der Waals surface area contributed by atoms with Gasteiger partial charge >= 0.3 is 0 Å². The van der Waals surface area contributed by atoms with Crippen molar-refractivity contribution >= 4 is 0 Å². The molecule has 0 aromatic rings. The molecular formula is C16H34N2. The van der Waals surface area contributed by atoms with Crippen LogP contribution >= 0.6 is 0 Å². The fourth-order valence-corrected chi connectivity index (χ4v) is 0.763. The van der Waals surface area contributed by atoms with Crippen molar-refractivity contribution in [2.45, 2.75) is 59.4 Å². The van der Waals surface area contributed by atoms with Crippen molar-refractivity contribution in [2.75, 3.05) is 6.54 Å². The molecule has 0 spiro atoms. The van der Waals surface area contributed by atoms with E-state index in [1.54, 1.807) is 6.08 Å². The zero-order valence-corrected chi connectivity index (χ0v) is 12.9. The average Bonchev–Trinajstić information content (AvgIpc) is 2.43. The van der Waals surface area contributed by atoms with Gasteiger partial charge in [0, 0.05) is 12.6 Å². The Morgan fingerprint density at radius 3 is 1.39 bits per heavy atom. The van der Waals surface area contributed by atoms with E-state index >= 15 is 0 Å². The van der Waals surface area contributed by atoms with E-state index in [1.165, 1.54) is 12.8 Å². The third-order valence-corrected chi connectivity index (χ3v) is 1.95. The summed E-state index contributed by atoms with van der Waals surface area (Å²) in [5.74, 6) is 0. The molecule has 1 atom stereocenters. The second-order valence-electron chi connectivity index (χ2n) is 3.71. The fourth-order valence-electron chi connectivity index (χ4n) is 0.763. The predicted octanol–water partition coefficient (Wildman–Crippen LogP) is 4.18. The second-order valence-corrected chi connectivity index (χ2v) is 3.71. The minimum atomic E-state index is 0.199. The SMILES string of the molecule is C=CC(N)CC.CC/C=C/CN.CC/C=C\CC. The van der Waals surface area contributed by atoms with Crippen LogP contribution < -0.4 is 11.5 Å². The first-order valence-electron chi connectivity index (χ1n) is 7.02. The fraction of sp³-hybridized carbons (Fsp3) is 0.625. The third kappa shape index (κ3) is 36.2. The minimum absolute atomic E-state index is 0.199. The lowest BCUT2D eigenvalue weighted by Crippen LogP contribution is -2.13. The molecule has 0 radical (unpaired) electrons. The average molecular weight is 254 g/mol. The predicted molar refractivity (Wildman–Crippen MR) is 86.7 cm³/mol. The molecule has 0 fully saturated rings. The molecule has 0 amide bonds. The van der Waals surface area contributed by atoms with Gasteiger partial charge < -0.3 is 11.5 Å². The van der Waals surface area contributed by atoms with Gasteiger partial charge in [0.2, 0.25) is 0 Å². The van der Waals surface area contributed by atoms with Crippen molar-refractivity contribution in [2.24, 2.45) is 11.5 Å². The lowest BCUT2D eigenvalue weighted by molar-refractivity contribution is 0.784. The second kappa shape index (κ2) is 25.1. The van der Waals surface area contributed by atoms with Crippen LogP contribution in [0, 0.1) is 0 Å². The molecule has 0 aromatic heterocycles. The van der Waals surface area contributed by atoms with Gasteiger partial charge in [0.1, 0.15) is 0 Å². The maximum Gasteiger partial charge on any atom is 0.0218 e. The summed E-state index contributed by atoms with van der Waals surface area (Å²) in [6.45, 7) is 12.6. The van der Waals surface area contributed by atoms with Crippen LogP contribution in [0.4, 0.5) is 0 Å². The van der Waals surface area contributed by atoms with Crippen LogP contribution in [0.25, 0.3) is 0 Å². The number of hydrogen-bond acceptors (Lipinski definition) is 2. The summed E-state index contributed by atoms with van der Waals surface area (Å²) < 4.78 is 0. The van der Waals surface area contributed by atoms with Gasteiger partial charge in [-0.1, -0.05) is 58.1 Å². The van der Waals surface area contributed by atoms with Crippen molar-refractivity contribution in [1.82, 2.24) is 0 Å². The summed E-state index contributed by atoms with van der Waals surface area (Å²) in [4.78, 5) is 0. The van der Waals surface area contributed by atoms with E-state index in [-0.39, 0.29) is 6.04 Å². The van der Waals surface area contributed by atoms with Crippen molar-refractivity contribution in [3.63, 3.8) is 0 Å². The zero-order chi connectivity index (χ0) is 14.6. The molecule has 0 aliphatic heterocycles. The first-order valence-corrected chi connectivity index (χ1v) is 7.02. The molecule has 0 aliphatic rings. The van der Waals surface area contributed by atoms with Gasteiger partial charge in [-0.05, 0) is 25.7 Å². The molecule has 0 heterocycles. The smallest absolute Gasteiger partial charge is 0.0218 e. The Hall–Kier alpha value is -0.860. The van der Waals surface area contributed by atoms with Gasteiger partial charge in [0.25, 0.3) is 0 Å². The van der Waals surface area contributed by atoms with E-state index in [2.05, 4.69) is 45.6 Å². The number of allylic oxidation sites excluding steroid dienone is 3. The van der Waals surface area contributed by atoms with E-state index < -0.39 is 0 Å². The molecule has 0 aromatic carbocycles. The zero-order valence-electron chi connectivity index (χ0n) is 12.9. The third-order valence-electron chi connectivity index (χ3n) is 1.95. The highest BCUT2D eigenvalue weighted by Gasteiger charge is 1.84. The monoisotopic (exact) mass is 254 g/mol. The Labute approximate surface area is 115 Å². The van der Waals surface area contributed by atoms with Crippen molar-refractivity contribution < 1.29 is 0 Å². The van der Waals surface area contributed by atoms with Gasteiger partial charge in [-0.15, -0.1) is 6.58 Å². The molecule has 0 saturated carbocycles. The number of hydrogen-bond donors (Lipinski definition) is 2. The molecule has 0 saturated heterocycles. The van der Waals surface area contributed by atoms with Gasteiger partial charge in [-0.25, -0.2) is 0 Å². The summed E-state index contributed by atoms with van der Waals surface area (Å²) in [6.07, 6.45) is 14.6. The Bertz CT molecular complexity index is 158. The summed E-state index contributed by atoms with van der Waals surface area (Å²) in [6, 6.07) is 0.199. The first-order chi connectivity index (χ1) is 8.64. The van der Waals surface area contributed by atoms with E-state index in [0.29, 0.717) is 6.54 Å². The van der Waals surface area contributed by atoms with Gasteiger partial charge in [-0.3, -0.25) is 0 Å². The number of nitrogens with two attached hydrogens (primary N) is 2. The Morgan fingerprint density at radius 2 is 1.28 bits per heavy atom. The van der Waals surface area contributed by atoms with Crippen LogP contribution in [0.5, 0.6) is 0 Å². The highest BCUT2D eigenvalue weighted by molar-refractivity contribution is 4.80. The molecule has 2 heteroatoms. The molecule has 2 nitrogen and oxygen atoms in total. The maximum absolute atomic E-state index is 5.35. The maximum atomic E-state index is 5.35. The van der Waals surface area contributed by atoms with Gasteiger partial charge in [0.05, 0.1) is 0 Å². The van der Waals surface area contributed by atoms with Crippen molar-refractivity contribution in [1.29, 1.82) is 0 Å². The van der Waals surface area contributed by atoms with Crippen LogP contribution in [-0.2, 0) is 0 Å². The largest absolute Gasteiger partial charge is 0.327 e. The normalized spacial score (nSPS) is 11.4. The van der Waals surface area contributed by atoms with Gasteiger partial charge in [-0.2, -0.15) is 0 Å². The summed E-state index contributed by atoms with van der Waals surface area (Å²) >= 11 is 0. The van der Waals surface area contributed by atoms with E-state index in [9.17, 15) is 0 Å². The Kier molecular flexibility index (Phi) is 31.1. The summed E-state index contributed by atoms with van der Waals surface area (Å²) in [5.41, 5.74) is 10.5. The molecule has 0 aliphatic carbocycles. The lowest BCUT2D eigenvalue weighted by Gasteiger charge is -1.95. The van der Waals surface area contributed by atoms with E-state index in [0.717, 1.165) is 12.8 Å². The molecule has 0 bridgehead atoms. The van der Waals surface area contributed by atoms with Crippen LogP contribution in [0.2, 0.25) is 0 Å². The van der Waals surface area contributed by atoms with E-state index in [4.69, 9.17) is 11.5 Å². The molecule has 108 valence electrons. The molecular weight excluding hydrogens is 220 g/mol. The first kappa shape index (κ1) is 22.3. The lowest BCUT2D eigenvalue weighted by atomic mass is 10.2. The highest BCUT2D eigenvalue weighted by atomic mass is 14.6. The standard InChI is InChI=1S/C6H12.2C5H11N/c1-3-5-6-4-2;1-3-5(6)4-2;1-2-3-4-5-6/h5-6H,3-4H2,1-2H3;3,5H,1,4,6H2,2H3;3-4H,2,5-6H2,1H3/b6-5-;;4-3+. The Balaban J connectivity index is -0.000000187. The van der Waals surface area contributed by atoms with Crippen LogP contribution in [0.15, 0.2) is 37.0 Å².